The van der Waals surface area contributed by atoms with Crippen molar-refractivity contribution in [2.24, 2.45) is 0 Å². The van der Waals surface area contributed by atoms with Crippen LogP contribution >= 0.6 is 0 Å². The minimum Gasteiger partial charge on any atom is -0.478 e. The highest BCUT2D eigenvalue weighted by atomic mass is 32.2. The summed E-state index contributed by atoms with van der Waals surface area (Å²) in [6, 6.07) is 10.6. The molecular formula is C15H14O4S. The summed E-state index contributed by atoms with van der Waals surface area (Å²) in [5.74, 6) is -1.15. The predicted molar refractivity (Wildman–Crippen MR) is 74.8 cm³/mol. The molecule has 0 saturated carbocycles. The van der Waals surface area contributed by atoms with Crippen molar-refractivity contribution in [1.82, 2.24) is 0 Å². The van der Waals surface area contributed by atoms with Crippen LogP contribution in [0.5, 0.6) is 0 Å². The van der Waals surface area contributed by atoms with Crippen molar-refractivity contribution >= 4 is 15.8 Å². The lowest BCUT2D eigenvalue weighted by atomic mass is 10.2. The van der Waals surface area contributed by atoms with Gasteiger partial charge in [0.2, 0.25) is 9.84 Å². The van der Waals surface area contributed by atoms with E-state index in [4.69, 9.17) is 5.11 Å². The summed E-state index contributed by atoms with van der Waals surface area (Å²) in [5, 5.41) is 8.95. The maximum atomic E-state index is 12.6. The zero-order chi connectivity index (χ0) is 14.9. The van der Waals surface area contributed by atoms with Crippen molar-refractivity contribution in [1.29, 1.82) is 0 Å². The van der Waals surface area contributed by atoms with E-state index < -0.39 is 15.8 Å². The van der Waals surface area contributed by atoms with Gasteiger partial charge in [-0.05, 0) is 49.2 Å². The number of carboxylic acids is 1. The standard InChI is InChI=1S/C15H14O4S/c1-10-6-7-11(2)14(8-10)20(18,19)13-5-3-4-12(9-13)15(16)17/h3-9H,1-2H3,(H,16,17). The minimum atomic E-state index is -3.71. The molecule has 0 spiro atoms. The van der Waals surface area contributed by atoms with Gasteiger partial charge in [-0.25, -0.2) is 13.2 Å². The zero-order valence-corrected chi connectivity index (χ0v) is 11.9. The van der Waals surface area contributed by atoms with Gasteiger partial charge in [-0.3, -0.25) is 0 Å². The maximum absolute atomic E-state index is 12.6. The molecule has 4 nitrogen and oxygen atoms in total. The Kier molecular flexibility index (Phi) is 3.63. The SMILES string of the molecule is Cc1ccc(C)c(S(=O)(=O)c2cccc(C(=O)O)c2)c1. The van der Waals surface area contributed by atoms with Crippen LogP contribution < -0.4 is 0 Å². The van der Waals surface area contributed by atoms with E-state index in [9.17, 15) is 13.2 Å². The number of rotatable bonds is 3. The first-order valence-electron chi connectivity index (χ1n) is 5.98. The summed E-state index contributed by atoms with van der Waals surface area (Å²) >= 11 is 0. The van der Waals surface area contributed by atoms with Crippen LogP contribution in [0.15, 0.2) is 52.3 Å². The molecule has 0 aliphatic rings. The van der Waals surface area contributed by atoms with Crippen molar-refractivity contribution < 1.29 is 18.3 Å². The van der Waals surface area contributed by atoms with Gasteiger partial charge in [0.05, 0.1) is 15.4 Å². The van der Waals surface area contributed by atoms with Crippen molar-refractivity contribution in [2.75, 3.05) is 0 Å². The van der Waals surface area contributed by atoms with E-state index in [0.717, 1.165) is 5.56 Å². The highest BCUT2D eigenvalue weighted by Crippen LogP contribution is 2.25. The van der Waals surface area contributed by atoms with Crippen LogP contribution in [0.4, 0.5) is 0 Å². The number of aromatic carboxylic acids is 1. The lowest BCUT2D eigenvalue weighted by molar-refractivity contribution is 0.0696. The summed E-state index contributed by atoms with van der Waals surface area (Å²) in [4.78, 5) is 11.1. The number of sulfone groups is 1. The van der Waals surface area contributed by atoms with Crippen LogP contribution in [-0.2, 0) is 9.84 Å². The number of carbonyl (C=O) groups is 1. The van der Waals surface area contributed by atoms with Crippen molar-refractivity contribution in [2.45, 2.75) is 23.6 Å². The first kappa shape index (κ1) is 14.3. The molecule has 20 heavy (non-hydrogen) atoms. The quantitative estimate of drug-likeness (QED) is 0.943. The Bertz CT molecular complexity index is 776. The largest absolute Gasteiger partial charge is 0.478 e. The molecule has 0 aromatic heterocycles. The van der Waals surface area contributed by atoms with Gasteiger partial charge < -0.3 is 5.11 Å². The van der Waals surface area contributed by atoms with Crippen molar-refractivity contribution in [3.05, 3.63) is 59.2 Å². The van der Waals surface area contributed by atoms with Crippen molar-refractivity contribution in [3.63, 3.8) is 0 Å². The monoisotopic (exact) mass is 290 g/mol. The Morgan fingerprint density at radius 3 is 2.40 bits per heavy atom. The Balaban J connectivity index is 2.64. The van der Waals surface area contributed by atoms with Crippen LogP contribution in [-0.4, -0.2) is 19.5 Å². The van der Waals surface area contributed by atoms with Gasteiger partial charge in [0.25, 0.3) is 0 Å². The van der Waals surface area contributed by atoms with Crippen molar-refractivity contribution in [3.8, 4) is 0 Å². The fourth-order valence-electron chi connectivity index (χ4n) is 1.92. The van der Waals surface area contributed by atoms with E-state index in [-0.39, 0.29) is 15.4 Å². The van der Waals surface area contributed by atoms with Gasteiger partial charge in [0.15, 0.2) is 0 Å². The third-order valence-electron chi connectivity index (χ3n) is 3.02. The van der Waals surface area contributed by atoms with E-state index in [1.165, 1.54) is 24.3 Å². The summed E-state index contributed by atoms with van der Waals surface area (Å²) in [6.07, 6.45) is 0. The Labute approximate surface area is 117 Å². The molecule has 0 heterocycles. The van der Waals surface area contributed by atoms with Gasteiger partial charge in [0.1, 0.15) is 0 Å². The number of hydrogen-bond donors (Lipinski definition) is 1. The van der Waals surface area contributed by atoms with E-state index in [2.05, 4.69) is 0 Å². The second kappa shape index (κ2) is 5.09. The van der Waals surface area contributed by atoms with Gasteiger partial charge in [-0.1, -0.05) is 18.2 Å². The minimum absolute atomic E-state index is 0.00824. The molecule has 1 N–H and O–H groups in total. The van der Waals surface area contributed by atoms with Crippen LogP contribution in [0, 0.1) is 13.8 Å². The predicted octanol–water partition coefficient (Wildman–Crippen LogP) is 2.83. The third-order valence-corrected chi connectivity index (χ3v) is 4.92. The number of benzene rings is 2. The lowest BCUT2D eigenvalue weighted by Crippen LogP contribution is -2.06. The smallest absolute Gasteiger partial charge is 0.335 e. The molecule has 0 aliphatic heterocycles. The number of carboxylic acid groups (broad SMARTS) is 1. The molecule has 0 bridgehead atoms. The van der Waals surface area contributed by atoms with E-state index in [1.807, 2.05) is 13.0 Å². The highest BCUT2D eigenvalue weighted by Gasteiger charge is 2.21. The molecule has 104 valence electrons. The molecule has 0 fully saturated rings. The van der Waals surface area contributed by atoms with Gasteiger partial charge in [0, 0.05) is 0 Å². The van der Waals surface area contributed by atoms with Gasteiger partial charge in [-0.15, -0.1) is 0 Å². The molecule has 0 amide bonds. The third kappa shape index (κ3) is 2.58. The van der Waals surface area contributed by atoms with Crippen LogP contribution in [0.1, 0.15) is 21.5 Å². The molecule has 2 aromatic carbocycles. The first-order valence-corrected chi connectivity index (χ1v) is 7.46. The number of hydrogen-bond acceptors (Lipinski definition) is 3. The van der Waals surface area contributed by atoms with Crippen LogP contribution in [0.3, 0.4) is 0 Å². The van der Waals surface area contributed by atoms with Gasteiger partial charge in [-0.2, -0.15) is 0 Å². The Hall–Kier alpha value is -2.14. The molecular weight excluding hydrogens is 276 g/mol. The fourth-order valence-corrected chi connectivity index (χ4v) is 3.55. The van der Waals surface area contributed by atoms with E-state index in [1.54, 1.807) is 19.1 Å². The van der Waals surface area contributed by atoms with E-state index in [0.29, 0.717) is 5.56 Å². The number of aryl methyl sites for hydroxylation is 2. The topological polar surface area (TPSA) is 71.4 Å². The molecule has 0 atom stereocenters. The van der Waals surface area contributed by atoms with Crippen LogP contribution in [0.2, 0.25) is 0 Å². The van der Waals surface area contributed by atoms with Crippen LogP contribution in [0.25, 0.3) is 0 Å². The fraction of sp³-hybridized carbons (Fsp3) is 0.133. The highest BCUT2D eigenvalue weighted by molar-refractivity contribution is 7.91. The molecule has 0 saturated heterocycles. The Morgan fingerprint density at radius 2 is 1.75 bits per heavy atom. The normalized spacial score (nSPS) is 11.3. The molecule has 0 aliphatic carbocycles. The van der Waals surface area contributed by atoms with E-state index >= 15 is 0 Å². The second-order valence-electron chi connectivity index (χ2n) is 4.61. The summed E-state index contributed by atoms with van der Waals surface area (Å²) in [6.45, 7) is 3.53. The first-order chi connectivity index (χ1) is 9.32. The maximum Gasteiger partial charge on any atom is 0.335 e. The average molecular weight is 290 g/mol. The lowest BCUT2D eigenvalue weighted by Gasteiger charge is -2.09. The summed E-state index contributed by atoms with van der Waals surface area (Å²) in [5.41, 5.74) is 1.43. The molecule has 2 aromatic rings. The summed E-state index contributed by atoms with van der Waals surface area (Å²) < 4.78 is 25.2. The average Bonchev–Trinajstić information content (AvgIpc) is 2.41. The molecule has 0 radical (unpaired) electrons. The Morgan fingerprint density at radius 1 is 1.05 bits per heavy atom. The zero-order valence-electron chi connectivity index (χ0n) is 11.1. The molecule has 2 rings (SSSR count). The van der Waals surface area contributed by atoms with Gasteiger partial charge >= 0.3 is 5.97 Å². The molecule has 5 heteroatoms. The molecule has 0 unspecified atom stereocenters. The summed E-state index contributed by atoms with van der Waals surface area (Å²) in [7, 11) is -3.71. The second-order valence-corrected chi connectivity index (χ2v) is 6.52.